The molecule has 3 rings (SSSR count). The van der Waals surface area contributed by atoms with Gasteiger partial charge in [0.05, 0.1) is 6.42 Å². The molecule has 0 aliphatic carbocycles. The highest BCUT2D eigenvalue weighted by atomic mass is 16.5. The van der Waals surface area contributed by atoms with Crippen molar-refractivity contribution in [1.82, 2.24) is 5.32 Å². The molecule has 0 fully saturated rings. The lowest BCUT2D eigenvalue weighted by atomic mass is 10.0. The summed E-state index contributed by atoms with van der Waals surface area (Å²) in [6, 6.07) is 24.7. The maximum Gasteiger partial charge on any atom is 0.308 e. The van der Waals surface area contributed by atoms with E-state index in [0.29, 0.717) is 17.7 Å². The molecule has 2 N–H and O–H groups in total. The number of hydrogen-bond donors (Lipinski definition) is 2. The summed E-state index contributed by atoms with van der Waals surface area (Å²) in [7, 11) is 0. The average Bonchev–Trinajstić information content (AvgIpc) is 2.80. The molecule has 0 saturated heterocycles. The summed E-state index contributed by atoms with van der Waals surface area (Å²) in [6.07, 6.45) is 0.660. The van der Waals surface area contributed by atoms with Crippen molar-refractivity contribution in [3.05, 3.63) is 101 Å². The minimum absolute atomic E-state index is 0.0184. The van der Waals surface area contributed by atoms with Gasteiger partial charge in [-0.2, -0.15) is 0 Å². The van der Waals surface area contributed by atoms with Gasteiger partial charge in [-0.05, 0) is 42.2 Å². The molecular formula is C26H26N2O4. The van der Waals surface area contributed by atoms with Crippen molar-refractivity contribution >= 4 is 23.5 Å². The summed E-state index contributed by atoms with van der Waals surface area (Å²) in [5.41, 5.74) is 4.21. The van der Waals surface area contributed by atoms with Crippen LogP contribution < -0.4 is 10.6 Å². The number of carbonyl (C=O) groups excluding carboxylic acids is 3. The van der Waals surface area contributed by atoms with Crippen LogP contribution in [-0.4, -0.2) is 30.9 Å². The zero-order chi connectivity index (χ0) is 22.8. The molecule has 6 nitrogen and oxygen atoms in total. The minimum atomic E-state index is -0.553. The lowest BCUT2D eigenvalue weighted by molar-refractivity contribution is -0.147. The smallest absolute Gasteiger partial charge is 0.308 e. The third kappa shape index (κ3) is 6.80. The number of aryl methyl sites for hydroxylation is 1. The fourth-order valence-electron chi connectivity index (χ4n) is 3.22. The SMILES string of the molecule is Cc1ccccc1C(=O)NCCC(=O)OCC(=O)Nc1ccccc1Cc1ccccc1. The third-order valence-electron chi connectivity index (χ3n) is 4.90. The first kappa shape index (κ1) is 22.7. The van der Waals surface area contributed by atoms with E-state index in [1.807, 2.05) is 73.7 Å². The van der Waals surface area contributed by atoms with Crippen LogP contribution in [0.25, 0.3) is 0 Å². The molecule has 0 aliphatic heterocycles. The van der Waals surface area contributed by atoms with Gasteiger partial charge in [-0.1, -0.05) is 66.7 Å². The van der Waals surface area contributed by atoms with Crippen LogP contribution in [0.4, 0.5) is 5.69 Å². The van der Waals surface area contributed by atoms with Crippen LogP contribution in [0.3, 0.4) is 0 Å². The Morgan fingerprint density at radius 1 is 0.844 bits per heavy atom. The van der Waals surface area contributed by atoms with Crippen LogP contribution in [0.15, 0.2) is 78.9 Å². The standard InChI is InChI=1S/C26H26N2O4/c1-19-9-5-7-13-22(19)26(31)27-16-15-25(30)32-18-24(29)28-23-14-8-6-12-21(23)17-20-10-3-2-4-11-20/h2-14H,15-18H2,1H3,(H,27,31)(H,28,29). The minimum Gasteiger partial charge on any atom is -0.456 e. The Balaban J connectivity index is 1.43. The van der Waals surface area contributed by atoms with E-state index in [0.717, 1.165) is 16.7 Å². The molecule has 2 amide bonds. The molecular weight excluding hydrogens is 404 g/mol. The Bertz CT molecular complexity index is 1080. The van der Waals surface area contributed by atoms with Crippen molar-refractivity contribution in [3.8, 4) is 0 Å². The second-order valence-electron chi connectivity index (χ2n) is 7.35. The van der Waals surface area contributed by atoms with E-state index in [9.17, 15) is 14.4 Å². The average molecular weight is 431 g/mol. The van der Waals surface area contributed by atoms with E-state index in [1.54, 1.807) is 12.1 Å². The summed E-state index contributed by atoms with van der Waals surface area (Å²) < 4.78 is 5.04. The highest BCUT2D eigenvalue weighted by Crippen LogP contribution is 2.19. The number of benzene rings is 3. The Kier molecular flexibility index (Phi) is 8.15. The zero-order valence-electron chi connectivity index (χ0n) is 18.0. The predicted molar refractivity (Wildman–Crippen MR) is 123 cm³/mol. The first-order valence-corrected chi connectivity index (χ1v) is 10.4. The van der Waals surface area contributed by atoms with Gasteiger partial charge in [0.15, 0.2) is 6.61 Å². The number of carbonyl (C=O) groups is 3. The van der Waals surface area contributed by atoms with Crippen molar-refractivity contribution in [2.24, 2.45) is 0 Å². The molecule has 0 unspecified atom stereocenters. The maximum atomic E-state index is 12.3. The lowest BCUT2D eigenvalue weighted by Gasteiger charge is -2.12. The van der Waals surface area contributed by atoms with Gasteiger partial charge in [0.2, 0.25) is 0 Å². The van der Waals surface area contributed by atoms with E-state index >= 15 is 0 Å². The van der Waals surface area contributed by atoms with Crippen molar-refractivity contribution in [1.29, 1.82) is 0 Å². The van der Waals surface area contributed by atoms with Crippen molar-refractivity contribution in [2.45, 2.75) is 19.8 Å². The predicted octanol–water partition coefficient (Wildman–Crippen LogP) is 3.89. The normalized spacial score (nSPS) is 10.3. The first-order valence-electron chi connectivity index (χ1n) is 10.4. The van der Waals surface area contributed by atoms with Crippen LogP contribution in [-0.2, 0) is 20.7 Å². The van der Waals surface area contributed by atoms with E-state index < -0.39 is 11.9 Å². The Morgan fingerprint density at radius 2 is 1.53 bits per heavy atom. The van der Waals surface area contributed by atoms with E-state index in [-0.39, 0.29) is 25.5 Å². The Hall–Kier alpha value is -3.93. The number of ether oxygens (including phenoxy) is 1. The summed E-state index contributed by atoms with van der Waals surface area (Å²) in [6.45, 7) is 1.59. The number of amides is 2. The number of esters is 1. The van der Waals surface area contributed by atoms with Crippen LogP contribution in [0.1, 0.15) is 33.5 Å². The molecule has 0 atom stereocenters. The fourth-order valence-corrected chi connectivity index (χ4v) is 3.22. The van der Waals surface area contributed by atoms with Gasteiger partial charge in [0.25, 0.3) is 11.8 Å². The molecule has 164 valence electrons. The highest BCUT2D eigenvalue weighted by Gasteiger charge is 2.12. The quantitative estimate of drug-likeness (QED) is 0.505. The van der Waals surface area contributed by atoms with Crippen LogP contribution >= 0.6 is 0 Å². The van der Waals surface area contributed by atoms with Gasteiger partial charge in [-0.3, -0.25) is 14.4 Å². The van der Waals surface area contributed by atoms with Crippen molar-refractivity contribution in [3.63, 3.8) is 0 Å². The number of anilines is 1. The second-order valence-corrected chi connectivity index (χ2v) is 7.35. The van der Waals surface area contributed by atoms with Gasteiger partial charge < -0.3 is 15.4 Å². The largest absolute Gasteiger partial charge is 0.456 e. The maximum absolute atomic E-state index is 12.3. The Morgan fingerprint density at radius 3 is 2.31 bits per heavy atom. The summed E-state index contributed by atoms with van der Waals surface area (Å²) in [5, 5.41) is 5.49. The Labute approximate surface area is 187 Å². The molecule has 32 heavy (non-hydrogen) atoms. The molecule has 6 heteroatoms. The van der Waals surface area contributed by atoms with Gasteiger partial charge in [0, 0.05) is 17.8 Å². The summed E-state index contributed by atoms with van der Waals surface area (Å²) in [4.78, 5) is 36.4. The van der Waals surface area contributed by atoms with Gasteiger partial charge >= 0.3 is 5.97 Å². The molecule has 0 saturated carbocycles. The number of para-hydroxylation sites is 1. The molecule has 0 spiro atoms. The number of rotatable bonds is 9. The van der Waals surface area contributed by atoms with E-state index in [1.165, 1.54) is 0 Å². The molecule has 0 aliphatic rings. The summed E-state index contributed by atoms with van der Waals surface area (Å²) >= 11 is 0. The molecule has 0 aromatic heterocycles. The van der Waals surface area contributed by atoms with Crippen LogP contribution in [0, 0.1) is 6.92 Å². The first-order chi connectivity index (χ1) is 15.5. The van der Waals surface area contributed by atoms with E-state index in [2.05, 4.69) is 10.6 Å². The number of hydrogen-bond acceptors (Lipinski definition) is 4. The molecule has 0 radical (unpaired) electrons. The van der Waals surface area contributed by atoms with Crippen molar-refractivity contribution < 1.29 is 19.1 Å². The fraction of sp³-hybridized carbons (Fsp3) is 0.192. The molecule has 0 heterocycles. The van der Waals surface area contributed by atoms with Gasteiger partial charge in [-0.15, -0.1) is 0 Å². The van der Waals surface area contributed by atoms with E-state index in [4.69, 9.17) is 4.74 Å². The second kappa shape index (κ2) is 11.5. The lowest BCUT2D eigenvalue weighted by Crippen LogP contribution is -2.28. The number of nitrogens with one attached hydrogen (secondary N) is 2. The van der Waals surface area contributed by atoms with Gasteiger partial charge in [0.1, 0.15) is 0 Å². The zero-order valence-corrected chi connectivity index (χ0v) is 18.0. The molecule has 0 bridgehead atoms. The van der Waals surface area contributed by atoms with Gasteiger partial charge in [-0.25, -0.2) is 0 Å². The molecule has 3 aromatic carbocycles. The van der Waals surface area contributed by atoms with Crippen LogP contribution in [0.2, 0.25) is 0 Å². The van der Waals surface area contributed by atoms with Crippen molar-refractivity contribution in [2.75, 3.05) is 18.5 Å². The highest BCUT2D eigenvalue weighted by molar-refractivity contribution is 5.96. The van der Waals surface area contributed by atoms with Crippen LogP contribution in [0.5, 0.6) is 0 Å². The monoisotopic (exact) mass is 430 g/mol. The molecule has 3 aromatic rings. The summed E-state index contributed by atoms with van der Waals surface area (Å²) in [5.74, 6) is -1.21. The topological polar surface area (TPSA) is 84.5 Å². The third-order valence-corrected chi connectivity index (χ3v) is 4.90.